The topological polar surface area (TPSA) is 105 Å². The minimum absolute atomic E-state index is 0.0740. The number of nitrogens with one attached hydrogen (secondary N) is 2. The number of hydrogen-bond donors (Lipinski definition) is 2. The number of carbonyl (C=O) groups is 1. The van der Waals surface area contributed by atoms with Gasteiger partial charge >= 0.3 is 6.01 Å². The lowest BCUT2D eigenvalue weighted by Crippen LogP contribution is -2.41. The Balaban J connectivity index is 1.51. The molecule has 34 heavy (non-hydrogen) atoms. The van der Waals surface area contributed by atoms with Crippen molar-refractivity contribution in [3.05, 3.63) is 66.0 Å². The van der Waals surface area contributed by atoms with Gasteiger partial charge < -0.3 is 19.9 Å². The molecule has 1 amide bonds. The average Bonchev–Trinajstić information content (AvgIpc) is 3.43. The van der Waals surface area contributed by atoms with Crippen molar-refractivity contribution in [2.75, 3.05) is 12.4 Å². The summed E-state index contributed by atoms with van der Waals surface area (Å²) in [6.45, 7) is 0.398. The van der Waals surface area contributed by atoms with Crippen LogP contribution in [0.25, 0.3) is 5.82 Å². The zero-order valence-electron chi connectivity index (χ0n) is 19.4. The van der Waals surface area contributed by atoms with Gasteiger partial charge in [-0.1, -0.05) is 44.2 Å². The molecule has 1 fully saturated rings. The first-order valence-electron chi connectivity index (χ1n) is 11.7. The normalized spacial score (nSPS) is 14.7. The van der Waals surface area contributed by atoms with E-state index in [1.54, 1.807) is 12.1 Å². The molecule has 1 saturated carbocycles. The number of hydrogen-bond acceptors (Lipinski definition) is 6. The van der Waals surface area contributed by atoms with Gasteiger partial charge in [0.05, 0.1) is 18.7 Å². The van der Waals surface area contributed by atoms with Gasteiger partial charge in [0.15, 0.2) is 0 Å². The highest BCUT2D eigenvalue weighted by atomic mass is 16.5. The summed E-state index contributed by atoms with van der Waals surface area (Å²) in [5.41, 5.74) is 1.55. The minimum Gasteiger partial charge on any atom is -0.467 e. The molecule has 0 bridgehead atoms. The number of nitriles is 1. The van der Waals surface area contributed by atoms with E-state index < -0.39 is 6.04 Å². The van der Waals surface area contributed by atoms with Crippen LogP contribution in [0.3, 0.4) is 0 Å². The molecule has 0 radical (unpaired) electrons. The summed E-state index contributed by atoms with van der Waals surface area (Å²) >= 11 is 0. The largest absolute Gasteiger partial charge is 0.467 e. The number of anilines is 1. The van der Waals surface area contributed by atoms with Crippen LogP contribution in [0, 0.1) is 17.2 Å². The second-order valence-corrected chi connectivity index (χ2v) is 8.65. The molecule has 0 saturated heterocycles. The number of rotatable bonds is 9. The summed E-state index contributed by atoms with van der Waals surface area (Å²) < 4.78 is 7.18. The van der Waals surface area contributed by atoms with Crippen LogP contribution in [-0.4, -0.2) is 33.6 Å². The summed E-state index contributed by atoms with van der Waals surface area (Å²) in [7, 11) is 1.53. The van der Waals surface area contributed by atoms with Crippen LogP contribution < -0.4 is 15.4 Å². The molecular weight excluding hydrogens is 428 g/mol. The van der Waals surface area contributed by atoms with Crippen molar-refractivity contribution < 1.29 is 9.53 Å². The van der Waals surface area contributed by atoms with Crippen LogP contribution in [0.2, 0.25) is 0 Å². The van der Waals surface area contributed by atoms with Crippen molar-refractivity contribution in [1.29, 1.82) is 5.26 Å². The first kappa shape index (κ1) is 23.3. The van der Waals surface area contributed by atoms with Crippen molar-refractivity contribution >= 4 is 11.7 Å². The van der Waals surface area contributed by atoms with Gasteiger partial charge in [-0.3, -0.25) is 4.79 Å². The summed E-state index contributed by atoms with van der Waals surface area (Å²) in [5, 5.41) is 15.4. The molecule has 3 aromatic rings. The molecule has 8 heteroatoms. The zero-order chi connectivity index (χ0) is 23.8. The van der Waals surface area contributed by atoms with Crippen LogP contribution in [0.5, 0.6) is 6.01 Å². The first-order valence-corrected chi connectivity index (χ1v) is 11.7. The van der Waals surface area contributed by atoms with E-state index in [1.165, 1.54) is 26.4 Å². The maximum Gasteiger partial charge on any atom is 0.320 e. The number of methoxy groups -OCH3 is 1. The molecule has 2 N–H and O–H groups in total. The van der Waals surface area contributed by atoms with Gasteiger partial charge in [-0.15, -0.1) is 0 Å². The molecule has 2 aromatic heterocycles. The number of aromatic nitrogens is 3. The number of nitrogens with zero attached hydrogens (tertiary/aromatic N) is 4. The lowest BCUT2D eigenvalue weighted by Gasteiger charge is -2.27. The molecule has 8 nitrogen and oxygen atoms in total. The van der Waals surface area contributed by atoms with E-state index >= 15 is 0 Å². The van der Waals surface area contributed by atoms with E-state index in [0.29, 0.717) is 29.7 Å². The van der Waals surface area contributed by atoms with Crippen LogP contribution >= 0.6 is 0 Å². The summed E-state index contributed by atoms with van der Waals surface area (Å²) in [4.78, 5) is 22.1. The van der Waals surface area contributed by atoms with Crippen molar-refractivity contribution in [3.8, 4) is 17.9 Å². The second kappa shape index (κ2) is 11.3. The zero-order valence-corrected chi connectivity index (χ0v) is 19.4. The lowest BCUT2D eigenvalue weighted by molar-refractivity contribution is -0.122. The Bertz CT molecular complexity index is 1120. The lowest BCUT2D eigenvalue weighted by atomic mass is 9.84. The molecule has 0 unspecified atom stereocenters. The van der Waals surface area contributed by atoms with E-state index in [9.17, 15) is 4.79 Å². The Labute approximate surface area is 200 Å². The fraction of sp³-hybridized carbons (Fsp3) is 0.385. The van der Waals surface area contributed by atoms with Crippen molar-refractivity contribution in [2.24, 2.45) is 5.92 Å². The molecule has 1 aliphatic rings. The smallest absolute Gasteiger partial charge is 0.320 e. The first-order chi connectivity index (χ1) is 16.6. The third-order valence-corrected chi connectivity index (χ3v) is 6.23. The SMILES string of the molecule is COc1nc(N[C@H](CC2CCCCC2)C(=O)NCc2ccc(C#N)cc2)cc(-n2cccc2)n1. The van der Waals surface area contributed by atoms with Gasteiger partial charge in [-0.05, 0) is 42.2 Å². The minimum atomic E-state index is -0.432. The highest BCUT2D eigenvalue weighted by molar-refractivity contribution is 5.84. The van der Waals surface area contributed by atoms with Gasteiger partial charge in [-0.25, -0.2) is 0 Å². The third-order valence-electron chi connectivity index (χ3n) is 6.23. The van der Waals surface area contributed by atoms with Crippen LogP contribution in [-0.2, 0) is 11.3 Å². The van der Waals surface area contributed by atoms with Gasteiger partial charge in [0, 0.05) is 25.0 Å². The maximum absolute atomic E-state index is 13.3. The molecule has 1 atom stereocenters. The number of amides is 1. The fourth-order valence-electron chi connectivity index (χ4n) is 4.37. The molecule has 1 aliphatic carbocycles. The summed E-state index contributed by atoms with van der Waals surface area (Å²) in [6, 6.07) is 14.8. The Hall–Kier alpha value is -3.86. The third kappa shape index (κ3) is 6.13. The summed E-state index contributed by atoms with van der Waals surface area (Å²) in [6.07, 6.45) is 10.5. The number of carbonyl (C=O) groups excluding carboxylic acids is 1. The second-order valence-electron chi connectivity index (χ2n) is 8.65. The molecule has 2 heterocycles. The highest BCUT2D eigenvalue weighted by Crippen LogP contribution is 2.28. The molecule has 176 valence electrons. The highest BCUT2D eigenvalue weighted by Gasteiger charge is 2.25. The van der Waals surface area contributed by atoms with Crippen LogP contribution in [0.15, 0.2) is 54.9 Å². The Morgan fingerprint density at radius 3 is 2.59 bits per heavy atom. The van der Waals surface area contributed by atoms with E-state index in [4.69, 9.17) is 10.00 Å². The standard InChI is InChI=1S/C26H30N6O2/c1-34-26-30-23(16-24(31-26)32-13-5-6-14-32)29-22(15-19-7-3-2-4-8-19)25(33)28-18-21-11-9-20(17-27)10-12-21/h5-6,9-14,16,19,22H,2-4,7-8,15,18H2,1H3,(H,28,33)(H,29,30,31)/t22-/m1/s1. The summed E-state index contributed by atoms with van der Waals surface area (Å²) in [5.74, 6) is 1.63. The predicted molar refractivity (Wildman–Crippen MR) is 130 cm³/mol. The molecular formula is C26H30N6O2. The molecule has 1 aromatic carbocycles. The van der Waals surface area contributed by atoms with Crippen molar-refractivity contribution in [3.63, 3.8) is 0 Å². The maximum atomic E-state index is 13.3. The van der Waals surface area contributed by atoms with Crippen molar-refractivity contribution in [1.82, 2.24) is 19.9 Å². The predicted octanol–water partition coefficient (Wildman–Crippen LogP) is 4.21. The van der Waals surface area contributed by atoms with E-state index in [2.05, 4.69) is 26.7 Å². The van der Waals surface area contributed by atoms with Crippen LogP contribution in [0.1, 0.15) is 49.7 Å². The Morgan fingerprint density at radius 2 is 1.91 bits per heavy atom. The molecule has 0 aliphatic heterocycles. The van der Waals surface area contributed by atoms with Gasteiger partial charge in [0.1, 0.15) is 17.7 Å². The number of benzene rings is 1. The fourth-order valence-corrected chi connectivity index (χ4v) is 4.37. The van der Waals surface area contributed by atoms with Crippen LogP contribution in [0.4, 0.5) is 5.82 Å². The van der Waals surface area contributed by atoms with E-state index in [1.807, 2.05) is 47.3 Å². The quantitative estimate of drug-likeness (QED) is 0.498. The monoisotopic (exact) mass is 458 g/mol. The van der Waals surface area contributed by atoms with Gasteiger partial charge in [0.25, 0.3) is 0 Å². The Kier molecular flexibility index (Phi) is 7.76. The van der Waals surface area contributed by atoms with Crippen molar-refractivity contribution in [2.45, 2.75) is 51.1 Å². The van der Waals surface area contributed by atoms with Gasteiger partial charge in [-0.2, -0.15) is 15.2 Å². The Morgan fingerprint density at radius 1 is 1.18 bits per heavy atom. The van der Waals surface area contributed by atoms with E-state index in [0.717, 1.165) is 24.8 Å². The molecule has 4 rings (SSSR count). The van der Waals surface area contributed by atoms with Gasteiger partial charge in [0.2, 0.25) is 5.91 Å². The average molecular weight is 459 g/mol. The van der Waals surface area contributed by atoms with E-state index in [-0.39, 0.29) is 11.9 Å². The molecule has 0 spiro atoms. The number of ether oxygens (including phenoxy) is 1.